The summed E-state index contributed by atoms with van der Waals surface area (Å²) in [4.78, 5) is 39.1. The molecular weight excluding hydrogens is 386 g/mol. The first-order chi connectivity index (χ1) is 14.3. The summed E-state index contributed by atoms with van der Waals surface area (Å²) in [6.07, 6.45) is 5.44. The van der Waals surface area contributed by atoms with Crippen molar-refractivity contribution < 1.29 is 14.5 Å². The summed E-state index contributed by atoms with van der Waals surface area (Å²) in [6.45, 7) is 7.39. The molecule has 0 N–H and O–H groups in total. The second-order valence-electron chi connectivity index (χ2n) is 8.42. The molecule has 1 saturated carbocycles. The molecule has 4 rings (SSSR count). The molecular formula is C22H27N3O5. The van der Waals surface area contributed by atoms with Gasteiger partial charge in [0.2, 0.25) is 5.43 Å². The molecule has 1 saturated heterocycles. The minimum Gasteiger partial charge on any atom is -0.462 e. The lowest BCUT2D eigenvalue weighted by Crippen LogP contribution is -2.34. The molecule has 1 aliphatic heterocycles. The van der Waals surface area contributed by atoms with E-state index in [1.54, 1.807) is 13.1 Å². The van der Waals surface area contributed by atoms with Gasteiger partial charge in [-0.3, -0.25) is 14.9 Å². The van der Waals surface area contributed by atoms with Crippen LogP contribution in [0.15, 0.2) is 17.1 Å². The van der Waals surface area contributed by atoms with Crippen molar-refractivity contribution >= 4 is 28.2 Å². The molecule has 0 atom stereocenters. The van der Waals surface area contributed by atoms with Crippen LogP contribution < -0.4 is 10.3 Å². The average molecular weight is 413 g/mol. The number of nitro groups is 1. The number of fused-ring (bicyclic) bond motifs is 1. The van der Waals surface area contributed by atoms with E-state index in [9.17, 15) is 19.7 Å². The molecule has 2 aliphatic rings. The Labute approximate surface area is 174 Å². The fourth-order valence-corrected chi connectivity index (χ4v) is 4.46. The topological polar surface area (TPSA) is 94.7 Å². The summed E-state index contributed by atoms with van der Waals surface area (Å²) >= 11 is 0. The molecule has 1 aliphatic carbocycles. The van der Waals surface area contributed by atoms with Gasteiger partial charge in [0.05, 0.1) is 22.4 Å². The number of carbonyl (C=O) groups is 1. The Morgan fingerprint density at radius 1 is 1.27 bits per heavy atom. The highest BCUT2D eigenvalue weighted by molar-refractivity contribution is 5.98. The number of pyridine rings is 1. The fraction of sp³-hybridized carbons (Fsp3) is 0.545. The molecule has 2 aromatic rings. The van der Waals surface area contributed by atoms with E-state index in [-0.39, 0.29) is 29.3 Å². The number of hydrogen-bond acceptors (Lipinski definition) is 6. The summed E-state index contributed by atoms with van der Waals surface area (Å²) in [7, 11) is 0. The number of aromatic nitrogens is 1. The largest absolute Gasteiger partial charge is 0.462 e. The number of piperidine rings is 1. The van der Waals surface area contributed by atoms with Gasteiger partial charge in [-0.1, -0.05) is 6.92 Å². The molecule has 0 unspecified atom stereocenters. The minimum absolute atomic E-state index is 0.0653. The van der Waals surface area contributed by atoms with Crippen LogP contribution in [0, 0.1) is 23.0 Å². The minimum atomic E-state index is -0.687. The third kappa shape index (κ3) is 3.44. The number of esters is 1. The molecule has 30 heavy (non-hydrogen) atoms. The van der Waals surface area contributed by atoms with E-state index in [2.05, 4.69) is 11.8 Å². The van der Waals surface area contributed by atoms with Gasteiger partial charge in [-0.2, -0.15) is 0 Å². The molecule has 2 heterocycles. The maximum Gasteiger partial charge on any atom is 0.343 e. The number of benzene rings is 1. The monoisotopic (exact) mass is 413 g/mol. The third-order valence-corrected chi connectivity index (χ3v) is 6.24. The highest BCUT2D eigenvalue weighted by atomic mass is 16.6. The lowest BCUT2D eigenvalue weighted by Gasteiger charge is -2.33. The van der Waals surface area contributed by atoms with Crippen LogP contribution in [-0.4, -0.2) is 35.2 Å². The van der Waals surface area contributed by atoms with Crippen molar-refractivity contribution in [2.45, 2.75) is 52.5 Å². The first kappa shape index (κ1) is 20.4. The number of hydrogen-bond donors (Lipinski definition) is 0. The van der Waals surface area contributed by atoms with Gasteiger partial charge in [-0.25, -0.2) is 4.79 Å². The Morgan fingerprint density at radius 3 is 2.50 bits per heavy atom. The van der Waals surface area contributed by atoms with Crippen molar-refractivity contribution in [2.24, 2.45) is 5.92 Å². The summed E-state index contributed by atoms with van der Waals surface area (Å²) in [5.74, 6) is -0.0916. The van der Waals surface area contributed by atoms with Crippen molar-refractivity contribution in [2.75, 3.05) is 24.6 Å². The lowest BCUT2D eigenvalue weighted by molar-refractivity contribution is -0.384. The van der Waals surface area contributed by atoms with Crippen LogP contribution in [0.25, 0.3) is 10.9 Å². The first-order valence-electron chi connectivity index (χ1n) is 10.6. The van der Waals surface area contributed by atoms with E-state index in [1.165, 1.54) is 6.07 Å². The van der Waals surface area contributed by atoms with E-state index >= 15 is 0 Å². The van der Waals surface area contributed by atoms with Crippen molar-refractivity contribution in [3.63, 3.8) is 0 Å². The molecule has 0 bridgehead atoms. The van der Waals surface area contributed by atoms with Crippen molar-refractivity contribution in [3.8, 4) is 0 Å². The normalized spacial score (nSPS) is 17.4. The smallest absolute Gasteiger partial charge is 0.343 e. The van der Waals surface area contributed by atoms with Gasteiger partial charge < -0.3 is 14.2 Å². The van der Waals surface area contributed by atoms with Crippen LogP contribution in [0.4, 0.5) is 11.4 Å². The predicted molar refractivity (Wildman–Crippen MR) is 114 cm³/mol. The Balaban J connectivity index is 2.00. The van der Waals surface area contributed by atoms with Gasteiger partial charge in [0.25, 0.3) is 5.69 Å². The van der Waals surface area contributed by atoms with Crippen molar-refractivity contribution in [3.05, 3.63) is 43.7 Å². The molecule has 8 nitrogen and oxygen atoms in total. The average Bonchev–Trinajstić information content (AvgIpc) is 3.54. The highest BCUT2D eigenvalue weighted by Crippen LogP contribution is 2.42. The molecule has 1 aromatic heterocycles. The standard InChI is InChI=1S/C22H27N3O5/c1-4-30-22(27)17-12-24(15-5-6-15)19-14(3)20(23-9-7-13(2)8-10-23)18(25(28)29)11-16(19)21(17)26/h11-13,15H,4-10H2,1-3H3. The number of carbonyl (C=O) groups excluding carboxylic acids is 1. The summed E-state index contributed by atoms with van der Waals surface area (Å²) in [6, 6.07) is 1.55. The summed E-state index contributed by atoms with van der Waals surface area (Å²) in [5.41, 5.74) is 1.37. The molecule has 160 valence electrons. The van der Waals surface area contributed by atoms with Gasteiger partial charge in [0.15, 0.2) is 0 Å². The van der Waals surface area contributed by atoms with E-state index in [4.69, 9.17) is 4.74 Å². The number of nitro benzene ring substituents is 1. The lowest BCUT2D eigenvalue weighted by atomic mass is 9.96. The molecule has 1 aromatic carbocycles. The number of ether oxygens (including phenoxy) is 1. The first-order valence-corrected chi connectivity index (χ1v) is 10.6. The van der Waals surface area contributed by atoms with Crippen LogP contribution in [0.1, 0.15) is 61.5 Å². The quantitative estimate of drug-likeness (QED) is 0.418. The number of nitrogens with zero attached hydrogens (tertiary/aromatic N) is 3. The van der Waals surface area contributed by atoms with Crippen molar-refractivity contribution in [1.82, 2.24) is 4.57 Å². The summed E-state index contributed by atoms with van der Waals surface area (Å²) in [5, 5.41) is 12.2. The van der Waals surface area contributed by atoms with Gasteiger partial charge in [-0.05, 0) is 45.4 Å². The number of aryl methyl sites for hydroxylation is 1. The van der Waals surface area contributed by atoms with E-state index in [0.29, 0.717) is 17.1 Å². The van der Waals surface area contributed by atoms with Gasteiger partial charge in [0, 0.05) is 37.0 Å². The number of rotatable bonds is 5. The second-order valence-corrected chi connectivity index (χ2v) is 8.42. The van der Waals surface area contributed by atoms with E-state index in [1.807, 2.05) is 11.5 Å². The van der Waals surface area contributed by atoms with Crippen molar-refractivity contribution in [1.29, 1.82) is 0 Å². The summed E-state index contributed by atoms with van der Waals surface area (Å²) < 4.78 is 7.01. The van der Waals surface area contributed by atoms with E-state index in [0.717, 1.165) is 44.3 Å². The van der Waals surface area contributed by atoms with Crippen LogP contribution in [0.5, 0.6) is 0 Å². The number of anilines is 1. The maximum absolute atomic E-state index is 13.1. The zero-order chi connectivity index (χ0) is 21.6. The molecule has 0 spiro atoms. The molecule has 0 radical (unpaired) electrons. The van der Waals surface area contributed by atoms with E-state index < -0.39 is 16.3 Å². The van der Waals surface area contributed by atoms with Gasteiger partial charge >= 0.3 is 5.97 Å². The molecule has 0 amide bonds. The maximum atomic E-state index is 13.1. The molecule has 8 heteroatoms. The van der Waals surface area contributed by atoms with Crippen LogP contribution in [0.3, 0.4) is 0 Å². The zero-order valence-electron chi connectivity index (χ0n) is 17.6. The van der Waals surface area contributed by atoms with Crippen LogP contribution in [-0.2, 0) is 4.74 Å². The zero-order valence-corrected chi connectivity index (χ0v) is 17.6. The fourth-order valence-electron chi connectivity index (χ4n) is 4.46. The predicted octanol–water partition coefficient (Wildman–Crippen LogP) is 3.97. The SMILES string of the molecule is CCOC(=O)c1cn(C2CC2)c2c(C)c(N3CCC(C)CC3)c([N+](=O)[O-])cc2c1=O. The van der Waals surface area contributed by atoms with Crippen LogP contribution >= 0.6 is 0 Å². The molecule has 2 fully saturated rings. The second kappa shape index (κ2) is 7.74. The Kier molecular flexibility index (Phi) is 5.26. The highest BCUT2D eigenvalue weighted by Gasteiger charge is 2.32. The van der Waals surface area contributed by atoms with Crippen LogP contribution in [0.2, 0.25) is 0 Å². The third-order valence-electron chi connectivity index (χ3n) is 6.24. The Hall–Kier alpha value is -2.90. The van der Waals surface area contributed by atoms with Gasteiger partial charge in [0.1, 0.15) is 11.3 Å². The van der Waals surface area contributed by atoms with Gasteiger partial charge in [-0.15, -0.1) is 0 Å². The Bertz CT molecular complexity index is 1080. The Morgan fingerprint density at radius 2 is 1.93 bits per heavy atom.